The maximum atomic E-state index is 14.0. The average molecular weight is 466 g/mol. The molecule has 2 fully saturated rings. The molecule has 2 aliphatic rings. The Labute approximate surface area is 199 Å². The van der Waals surface area contributed by atoms with Gasteiger partial charge in [-0.15, -0.1) is 0 Å². The molecule has 1 aromatic carbocycles. The van der Waals surface area contributed by atoms with Gasteiger partial charge >= 0.3 is 0 Å². The summed E-state index contributed by atoms with van der Waals surface area (Å²) in [6.07, 6.45) is 7.56. The summed E-state index contributed by atoms with van der Waals surface area (Å²) in [7, 11) is 0. The van der Waals surface area contributed by atoms with Crippen molar-refractivity contribution in [3.8, 4) is 0 Å². The van der Waals surface area contributed by atoms with E-state index in [1.54, 1.807) is 30.5 Å². The number of fused-ring (bicyclic) bond motifs is 2. The van der Waals surface area contributed by atoms with E-state index in [1.165, 1.54) is 11.6 Å². The highest BCUT2D eigenvalue weighted by Crippen LogP contribution is 2.68. The number of halogens is 2. The molecule has 2 heterocycles. The van der Waals surface area contributed by atoms with Gasteiger partial charge in [0.1, 0.15) is 11.0 Å². The molecule has 0 saturated heterocycles. The van der Waals surface area contributed by atoms with Gasteiger partial charge in [0.25, 0.3) is 0 Å². The van der Waals surface area contributed by atoms with Crippen molar-refractivity contribution in [3.63, 3.8) is 0 Å². The molecule has 33 heavy (non-hydrogen) atoms. The fourth-order valence-electron chi connectivity index (χ4n) is 6.53. The number of nitrogens with zero attached hydrogens (tertiary/aromatic N) is 2. The van der Waals surface area contributed by atoms with Crippen LogP contribution in [0.5, 0.6) is 0 Å². The molecule has 4 nitrogen and oxygen atoms in total. The van der Waals surface area contributed by atoms with Crippen molar-refractivity contribution in [2.75, 3.05) is 5.32 Å². The molecule has 3 aromatic rings. The van der Waals surface area contributed by atoms with E-state index in [4.69, 9.17) is 11.6 Å². The zero-order chi connectivity index (χ0) is 23.4. The molecule has 5 rings (SSSR count). The molecule has 0 aliphatic heterocycles. The molecular weight excluding hydrogens is 437 g/mol. The second-order valence-corrected chi connectivity index (χ2v) is 11.0. The molecule has 1 unspecified atom stereocenters. The third kappa shape index (κ3) is 3.90. The Hall–Kier alpha value is -2.53. The minimum Gasteiger partial charge on any atom is -0.324 e. The summed E-state index contributed by atoms with van der Waals surface area (Å²) in [5.41, 5.74) is 3.00. The van der Waals surface area contributed by atoms with E-state index in [-0.39, 0.29) is 28.5 Å². The van der Waals surface area contributed by atoms with E-state index in [1.807, 2.05) is 13.1 Å². The number of benzene rings is 1. The van der Waals surface area contributed by atoms with Crippen LogP contribution in [0.1, 0.15) is 57.9 Å². The lowest BCUT2D eigenvalue weighted by atomic mass is 9.71. The molecule has 0 bridgehead atoms. The molecule has 2 saturated carbocycles. The number of carbonyl (C=O) groups excluding carboxylic acids is 1. The van der Waals surface area contributed by atoms with E-state index >= 15 is 0 Å². The summed E-state index contributed by atoms with van der Waals surface area (Å²) in [5.74, 6) is 0.422. The fraction of sp³-hybridized carbons (Fsp3) is 0.444. The quantitative estimate of drug-likeness (QED) is 0.422. The van der Waals surface area contributed by atoms with Crippen LogP contribution in [-0.4, -0.2) is 15.9 Å². The molecule has 1 amide bonds. The summed E-state index contributed by atoms with van der Waals surface area (Å²) >= 11 is 5.85. The second-order valence-electron chi connectivity index (χ2n) is 10.6. The van der Waals surface area contributed by atoms with Crippen LogP contribution in [0.15, 0.2) is 48.8 Å². The molecule has 0 radical (unpaired) electrons. The summed E-state index contributed by atoms with van der Waals surface area (Å²) in [5, 5.41) is 4.33. The van der Waals surface area contributed by atoms with Crippen LogP contribution in [0, 0.1) is 28.5 Å². The van der Waals surface area contributed by atoms with Crippen LogP contribution in [0.2, 0.25) is 5.15 Å². The second kappa shape index (κ2) is 8.05. The molecular formula is C27H29ClFN3O. The third-order valence-corrected chi connectivity index (χ3v) is 8.79. The zero-order valence-corrected chi connectivity index (χ0v) is 20.0. The van der Waals surface area contributed by atoms with Crippen LogP contribution in [0.4, 0.5) is 10.1 Å². The zero-order valence-electron chi connectivity index (χ0n) is 19.2. The first-order chi connectivity index (χ1) is 15.7. The number of rotatable bonds is 4. The van der Waals surface area contributed by atoms with Crippen LogP contribution in [-0.2, 0) is 4.79 Å². The van der Waals surface area contributed by atoms with Crippen molar-refractivity contribution in [2.45, 2.75) is 52.4 Å². The Morgan fingerprint density at radius 2 is 1.82 bits per heavy atom. The van der Waals surface area contributed by atoms with Gasteiger partial charge < -0.3 is 5.32 Å². The van der Waals surface area contributed by atoms with Gasteiger partial charge in [-0.05, 0) is 90.3 Å². The van der Waals surface area contributed by atoms with Crippen molar-refractivity contribution < 1.29 is 9.18 Å². The molecule has 2 aliphatic carbocycles. The third-order valence-electron chi connectivity index (χ3n) is 8.57. The molecule has 6 heteroatoms. The van der Waals surface area contributed by atoms with Gasteiger partial charge in [-0.3, -0.25) is 9.78 Å². The van der Waals surface area contributed by atoms with Gasteiger partial charge in [-0.1, -0.05) is 32.4 Å². The summed E-state index contributed by atoms with van der Waals surface area (Å²) in [6.45, 7) is 6.79. The molecule has 172 valence electrons. The highest BCUT2D eigenvalue weighted by molar-refractivity contribution is 6.29. The predicted molar refractivity (Wildman–Crippen MR) is 130 cm³/mol. The number of carbonyl (C=O) groups is 1. The number of aromatic nitrogens is 2. The first kappa shape index (κ1) is 22.3. The van der Waals surface area contributed by atoms with Gasteiger partial charge in [-0.2, -0.15) is 0 Å². The normalized spacial score (nSPS) is 29.7. The number of hydrogen-bond donors (Lipinski definition) is 1. The van der Waals surface area contributed by atoms with Crippen molar-refractivity contribution in [1.82, 2.24) is 9.97 Å². The largest absolute Gasteiger partial charge is 0.324 e. The SMILES string of the molecule is CC(C(=O)Nc1ccc(Cl)nc1)[C@@H]1C[C@]2(C)C[C@H](c3ccnc4ccc(F)cc34)C[C@]2(C)C1. The maximum Gasteiger partial charge on any atom is 0.227 e. The Bertz CT molecular complexity index is 1200. The molecule has 0 spiro atoms. The molecule has 1 N–H and O–H groups in total. The predicted octanol–water partition coefficient (Wildman–Crippen LogP) is 7.00. The number of amides is 1. The van der Waals surface area contributed by atoms with Crippen LogP contribution in [0.3, 0.4) is 0 Å². The lowest BCUT2D eigenvalue weighted by molar-refractivity contribution is -0.121. The Morgan fingerprint density at radius 3 is 2.48 bits per heavy atom. The monoisotopic (exact) mass is 465 g/mol. The Kier molecular flexibility index (Phi) is 5.43. The van der Waals surface area contributed by atoms with Gasteiger partial charge in [0.05, 0.1) is 17.4 Å². The Morgan fingerprint density at radius 1 is 1.09 bits per heavy atom. The first-order valence-electron chi connectivity index (χ1n) is 11.6. The molecule has 2 aromatic heterocycles. The minimum atomic E-state index is -0.219. The van der Waals surface area contributed by atoms with Crippen molar-refractivity contribution in [1.29, 1.82) is 0 Å². The van der Waals surface area contributed by atoms with Crippen LogP contribution >= 0.6 is 11.6 Å². The minimum absolute atomic E-state index is 0.0310. The lowest BCUT2D eigenvalue weighted by Crippen LogP contribution is -2.27. The van der Waals surface area contributed by atoms with E-state index in [9.17, 15) is 9.18 Å². The Balaban J connectivity index is 1.33. The summed E-state index contributed by atoms with van der Waals surface area (Å²) in [6, 6.07) is 10.4. The number of anilines is 1. The van der Waals surface area contributed by atoms with Gasteiger partial charge in [0.2, 0.25) is 5.91 Å². The standard InChI is InChI=1S/C27H29ClFN3O/c1-16(25(33)32-20-5-7-24(28)31-15-20)17-11-26(2)13-18(14-27(26,3)12-17)21-8-9-30-23-6-4-19(29)10-22(21)23/h4-10,15-18H,11-14H2,1-3H3,(H,32,33)/t16?,17-,18+,26-,27+. The van der Waals surface area contributed by atoms with Crippen molar-refractivity contribution in [3.05, 3.63) is 65.3 Å². The van der Waals surface area contributed by atoms with Crippen LogP contribution in [0.25, 0.3) is 10.9 Å². The smallest absolute Gasteiger partial charge is 0.227 e. The number of hydrogen-bond acceptors (Lipinski definition) is 3. The highest BCUT2D eigenvalue weighted by atomic mass is 35.5. The van der Waals surface area contributed by atoms with Gasteiger partial charge in [-0.25, -0.2) is 9.37 Å². The number of nitrogens with one attached hydrogen (secondary N) is 1. The van der Waals surface area contributed by atoms with Crippen LogP contribution < -0.4 is 5.32 Å². The first-order valence-corrected chi connectivity index (χ1v) is 12.0. The van der Waals surface area contributed by atoms with E-state index in [0.717, 1.165) is 36.6 Å². The average Bonchev–Trinajstić information content (AvgIpc) is 3.18. The highest BCUT2D eigenvalue weighted by Gasteiger charge is 2.59. The lowest BCUT2D eigenvalue weighted by Gasteiger charge is -2.34. The summed E-state index contributed by atoms with van der Waals surface area (Å²) in [4.78, 5) is 21.4. The molecule has 5 atom stereocenters. The topological polar surface area (TPSA) is 54.9 Å². The van der Waals surface area contributed by atoms with E-state index < -0.39 is 0 Å². The van der Waals surface area contributed by atoms with E-state index in [2.05, 4.69) is 35.2 Å². The van der Waals surface area contributed by atoms with Gasteiger partial charge in [0.15, 0.2) is 0 Å². The fourth-order valence-corrected chi connectivity index (χ4v) is 6.64. The maximum absolute atomic E-state index is 14.0. The van der Waals surface area contributed by atoms with E-state index in [0.29, 0.717) is 22.7 Å². The van der Waals surface area contributed by atoms with Gasteiger partial charge in [0, 0.05) is 17.5 Å². The van der Waals surface area contributed by atoms with Crippen molar-refractivity contribution >= 4 is 34.1 Å². The number of pyridine rings is 2. The summed E-state index contributed by atoms with van der Waals surface area (Å²) < 4.78 is 14.0. The van der Waals surface area contributed by atoms with Crippen molar-refractivity contribution in [2.24, 2.45) is 22.7 Å².